The maximum atomic E-state index is 10.3. The average Bonchev–Trinajstić information content (AvgIpc) is 2.40. The molecule has 1 aromatic heterocycles. The van der Waals surface area contributed by atoms with Crippen LogP contribution in [-0.2, 0) is 11.8 Å². The van der Waals surface area contributed by atoms with Crippen molar-refractivity contribution in [2.75, 3.05) is 0 Å². The molecule has 0 amide bonds. The van der Waals surface area contributed by atoms with Crippen LogP contribution in [0.5, 0.6) is 0 Å². The lowest BCUT2D eigenvalue weighted by Gasteiger charge is -2.20. The van der Waals surface area contributed by atoms with Crippen molar-refractivity contribution in [3.8, 4) is 0 Å². The third kappa shape index (κ3) is 3.67. The third-order valence-corrected chi connectivity index (χ3v) is 3.54. The van der Waals surface area contributed by atoms with Gasteiger partial charge < -0.3 is 5.11 Å². The van der Waals surface area contributed by atoms with Crippen molar-refractivity contribution < 1.29 is 5.11 Å². The van der Waals surface area contributed by atoms with E-state index in [1.807, 2.05) is 37.4 Å². The molecular weight excluding hydrogens is 246 g/mol. The van der Waals surface area contributed by atoms with Crippen molar-refractivity contribution in [3.63, 3.8) is 0 Å². The van der Waals surface area contributed by atoms with Crippen molar-refractivity contribution in [2.45, 2.75) is 45.6 Å². The summed E-state index contributed by atoms with van der Waals surface area (Å²) in [6.07, 6.45) is 1.89. The van der Waals surface area contributed by atoms with Crippen LogP contribution >= 0.6 is 0 Å². The smallest absolute Gasteiger partial charge is 0.0845 e. The number of hydrogen-bond donors (Lipinski definition) is 1. The van der Waals surface area contributed by atoms with Gasteiger partial charge in [0.1, 0.15) is 0 Å². The van der Waals surface area contributed by atoms with E-state index in [1.54, 1.807) is 0 Å². The molecule has 0 spiro atoms. The Morgan fingerprint density at radius 1 is 1.05 bits per heavy atom. The number of aliphatic hydroxyl groups excluding tert-OH is 1. The Balaban J connectivity index is 2.09. The first-order chi connectivity index (χ1) is 9.36. The van der Waals surface area contributed by atoms with Crippen LogP contribution in [0.4, 0.5) is 0 Å². The first kappa shape index (κ1) is 14.7. The molecule has 2 rings (SSSR count). The molecule has 2 heteroatoms. The summed E-state index contributed by atoms with van der Waals surface area (Å²) < 4.78 is 0. The number of aliphatic hydroxyl groups is 1. The fourth-order valence-corrected chi connectivity index (χ4v) is 2.14. The monoisotopic (exact) mass is 269 g/mol. The molecule has 0 aliphatic carbocycles. The van der Waals surface area contributed by atoms with Gasteiger partial charge in [0.25, 0.3) is 0 Å². The van der Waals surface area contributed by atoms with Crippen LogP contribution in [0, 0.1) is 6.92 Å². The topological polar surface area (TPSA) is 33.1 Å². The molecule has 0 aliphatic rings. The fraction of sp³-hybridized carbons (Fsp3) is 0.389. The molecule has 1 N–H and O–H groups in total. The standard InChI is InChI=1S/C18H23NO/c1-13-5-10-16(19-12-13)11-17(20)14-6-8-15(9-7-14)18(2,3)4/h5-10,12,17,20H,11H2,1-4H3. The molecule has 20 heavy (non-hydrogen) atoms. The van der Waals surface area contributed by atoms with E-state index in [1.165, 1.54) is 5.56 Å². The third-order valence-electron chi connectivity index (χ3n) is 3.54. The highest BCUT2D eigenvalue weighted by Gasteiger charge is 2.15. The van der Waals surface area contributed by atoms with Gasteiger partial charge in [-0.1, -0.05) is 51.1 Å². The van der Waals surface area contributed by atoms with Gasteiger partial charge in [0.15, 0.2) is 0 Å². The summed E-state index contributed by atoms with van der Waals surface area (Å²) in [6.45, 7) is 8.58. The highest BCUT2D eigenvalue weighted by Crippen LogP contribution is 2.25. The van der Waals surface area contributed by atoms with Gasteiger partial charge >= 0.3 is 0 Å². The van der Waals surface area contributed by atoms with E-state index in [4.69, 9.17) is 0 Å². The SMILES string of the molecule is Cc1ccc(CC(O)c2ccc(C(C)(C)C)cc2)nc1. The second kappa shape index (κ2) is 5.76. The maximum absolute atomic E-state index is 10.3. The predicted molar refractivity (Wildman–Crippen MR) is 82.8 cm³/mol. The minimum Gasteiger partial charge on any atom is -0.388 e. The highest BCUT2D eigenvalue weighted by molar-refractivity contribution is 5.29. The normalized spacial score (nSPS) is 13.2. The number of aromatic nitrogens is 1. The van der Waals surface area contributed by atoms with Crippen LogP contribution in [0.25, 0.3) is 0 Å². The molecule has 106 valence electrons. The molecule has 0 aliphatic heterocycles. The quantitative estimate of drug-likeness (QED) is 0.914. The first-order valence-corrected chi connectivity index (χ1v) is 7.06. The molecule has 1 heterocycles. The second-order valence-corrected chi connectivity index (χ2v) is 6.42. The zero-order chi connectivity index (χ0) is 14.8. The number of pyridine rings is 1. The zero-order valence-electron chi connectivity index (χ0n) is 12.7. The fourth-order valence-electron chi connectivity index (χ4n) is 2.14. The number of aryl methyl sites for hydroxylation is 1. The Labute approximate surface area is 121 Å². The average molecular weight is 269 g/mol. The van der Waals surface area contributed by atoms with E-state index >= 15 is 0 Å². The van der Waals surface area contributed by atoms with E-state index in [2.05, 4.69) is 37.9 Å². The number of benzene rings is 1. The lowest BCUT2D eigenvalue weighted by molar-refractivity contribution is 0.177. The molecule has 1 atom stereocenters. The van der Waals surface area contributed by atoms with Gasteiger partial charge in [-0.2, -0.15) is 0 Å². The van der Waals surface area contributed by atoms with Crippen LogP contribution in [0.3, 0.4) is 0 Å². The molecule has 0 radical (unpaired) electrons. The summed E-state index contributed by atoms with van der Waals surface area (Å²) in [5.41, 5.74) is 4.42. The molecular formula is C18H23NO. The summed E-state index contributed by atoms with van der Waals surface area (Å²) in [7, 11) is 0. The van der Waals surface area contributed by atoms with Crippen molar-refractivity contribution in [1.29, 1.82) is 0 Å². The van der Waals surface area contributed by atoms with Crippen molar-refractivity contribution in [2.24, 2.45) is 0 Å². The van der Waals surface area contributed by atoms with Crippen LogP contribution < -0.4 is 0 Å². The number of hydrogen-bond acceptors (Lipinski definition) is 2. The molecule has 1 unspecified atom stereocenters. The van der Waals surface area contributed by atoms with E-state index < -0.39 is 6.10 Å². The van der Waals surface area contributed by atoms with E-state index in [9.17, 15) is 5.11 Å². The zero-order valence-corrected chi connectivity index (χ0v) is 12.7. The molecule has 0 bridgehead atoms. The summed E-state index contributed by atoms with van der Waals surface area (Å²) in [5, 5.41) is 10.3. The molecule has 2 nitrogen and oxygen atoms in total. The summed E-state index contributed by atoms with van der Waals surface area (Å²) in [4.78, 5) is 4.34. The van der Waals surface area contributed by atoms with Crippen LogP contribution in [-0.4, -0.2) is 10.1 Å². The molecule has 1 aromatic carbocycles. The first-order valence-electron chi connectivity index (χ1n) is 7.06. The summed E-state index contributed by atoms with van der Waals surface area (Å²) in [6, 6.07) is 12.2. The lowest BCUT2D eigenvalue weighted by atomic mass is 9.86. The van der Waals surface area contributed by atoms with Gasteiger partial charge in [-0.15, -0.1) is 0 Å². The van der Waals surface area contributed by atoms with Crippen molar-refractivity contribution in [1.82, 2.24) is 4.98 Å². The molecule has 0 saturated carbocycles. The number of rotatable bonds is 3. The Kier molecular flexibility index (Phi) is 4.24. The Hall–Kier alpha value is -1.67. The van der Waals surface area contributed by atoms with Crippen molar-refractivity contribution in [3.05, 3.63) is 65.0 Å². The molecule has 0 saturated heterocycles. The van der Waals surface area contributed by atoms with Crippen LogP contribution in [0.15, 0.2) is 42.6 Å². The minimum atomic E-state index is -0.501. The van der Waals surface area contributed by atoms with Crippen LogP contribution in [0.1, 0.15) is 49.3 Å². The highest BCUT2D eigenvalue weighted by atomic mass is 16.3. The summed E-state index contributed by atoms with van der Waals surface area (Å²) >= 11 is 0. The van der Waals surface area contributed by atoms with E-state index in [-0.39, 0.29) is 5.41 Å². The van der Waals surface area contributed by atoms with Gasteiger partial charge in [0.2, 0.25) is 0 Å². The Bertz CT molecular complexity index is 549. The largest absolute Gasteiger partial charge is 0.388 e. The predicted octanol–water partition coefficient (Wildman–Crippen LogP) is 3.96. The number of nitrogens with zero attached hydrogens (tertiary/aromatic N) is 1. The molecule has 0 fully saturated rings. The summed E-state index contributed by atoms with van der Waals surface area (Å²) in [5.74, 6) is 0. The molecule has 2 aromatic rings. The Morgan fingerprint density at radius 3 is 2.20 bits per heavy atom. The lowest BCUT2D eigenvalue weighted by Crippen LogP contribution is -2.11. The van der Waals surface area contributed by atoms with E-state index in [0.29, 0.717) is 6.42 Å². The van der Waals surface area contributed by atoms with Gasteiger partial charge in [0.05, 0.1) is 6.10 Å². The maximum Gasteiger partial charge on any atom is 0.0845 e. The van der Waals surface area contributed by atoms with Crippen molar-refractivity contribution >= 4 is 0 Å². The van der Waals surface area contributed by atoms with E-state index in [0.717, 1.165) is 16.8 Å². The second-order valence-electron chi connectivity index (χ2n) is 6.42. The van der Waals surface area contributed by atoms with Gasteiger partial charge in [-0.3, -0.25) is 4.98 Å². The van der Waals surface area contributed by atoms with Gasteiger partial charge in [0, 0.05) is 18.3 Å². The Morgan fingerprint density at radius 2 is 1.70 bits per heavy atom. The minimum absolute atomic E-state index is 0.141. The van der Waals surface area contributed by atoms with Gasteiger partial charge in [-0.25, -0.2) is 0 Å². The van der Waals surface area contributed by atoms with Gasteiger partial charge in [-0.05, 0) is 35.1 Å². The van der Waals surface area contributed by atoms with Crippen LogP contribution in [0.2, 0.25) is 0 Å².